The van der Waals surface area contributed by atoms with E-state index in [9.17, 15) is 28.4 Å². The lowest BCUT2D eigenvalue weighted by atomic mass is 9.83. The van der Waals surface area contributed by atoms with Gasteiger partial charge in [-0.15, -0.1) is 11.3 Å². The zero-order valence-corrected chi connectivity index (χ0v) is 34.6. The number of nitrogens with zero attached hydrogens (tertiary/aromatic N) is 4. The Morgan fingerprint density at radius 1 is 1.00 bits per heavy atom. The number of Topliss-reactive ketones (excluding diaryl/α,β-unsaturated/α-hetero) is 1. The first-order chi connectivity index (χ1) is 29.6. The molecule has 2 fully saturated rings. The second-order valence-electron chi connectivity index (χ2n) is 15.4. The number of carbonyl (C=O) groups is 5. The normalized spacial score (nSPS) is 18.7. The number of allylic oxidation sites excluding steroid dienone is 2. The van der Waals surface area contributed by atoms with Crippen LogP contribution >= 0.6 is 11.3 Å². The van der Waals surface area contributed by atoms with Crippen LogP contribution in [0.5, 0.6) is 5.75 Å². The summed E-state index contributed by atoms with van der Waals surface area (Å²) in [6, 6.07) is 14.3. The number of amides is 4. The molecular weight excluding hydrogens is 804 g/mol. The number of imide groups is 1. The maximum Gasteiger partial charge on any atom is 0.265 e. The van der Waals surface area contributed by atoms with Crippen molar-refractivity contribution < 1.29 is 37.8 Å². The predicted molar refractivity (Wildman–Crippen MR) is 229 cm³/mol. The topological polar surface area (TPSA) is 184 Å². The number of anilines is 5. The van der Waals surface area contributed by atoms with Crippen LogP contribution in [0.4, 0.5) is 33.2 Å². The Labute approximate surface area is 356 Å². The van der Waals surface area contributed by atoms with E-state index in [-0.39, 0.29) is 54.7 Å². The molecule has 2 aromatic heterocycles. The molecule has 17 heteroatoms. The fraction of sp³-hybridized carbons (Fsp3) is 0.386. The molecule has 4 amide bonds. The van der Waals surface area contributed by atoms with Crippen molar-refractivity contribution >= 4 is 75.2 Å². The van der Waals surface area contributed by atoms with Gasteiger partial charge >= 0.3 is 0 Å². The Bertz CT molecular complexity index is 2380. The first-order valence-corrected chi connectivity index (χ1v) is 21.4. The first-order valence-electron chi connectivity index (χ1n) is 20.6. The summed E-state index contributed by atoms with van der Waals surface area (Å²) < 4.78 is 26.3. The Kier molecular flexibility index (Phi) is 12.7. The van der Waals surface area contributed by atoms with Crippen molar-refractivity contribution in [3.8, 4) is 5.75 Å². The van der Waals surface area contributed by atoms with E-state index in [4.69, 9.17) is 9.47 Å². The number of methoxy groups -OCH3 is 1. The van der Waals surface area contributed by atoms with Crippen LogP contribution in [-0.4, -0.2) is 97.3 Å². The molecule has 8 rings (SSSR count). The second kappa shape index (κ2) is 18.6. The molecule has 2 saturated heterocycles. The van der Waals surface area contributed by atoms with E-state index < -0.39 is 17.7 Å². The third-order valence-electron chi connectivity index (χ3n) is 11.5. The van der Waals surface area contributed by atoms with Crippen LogP contribution < -0.4 is 30.9 Å². The quantitative estimate of drug-likeness (QED) is 0.0832. The molecule has 0 saturated carbocycles. The SMILES string of the molecule is COc1cc(Nc2nc(N3CCN(C(=O)CCOCCNc4cccc5c4CC(C4CCC(=O)NC4=O)C5=O)CC3)ncc2F)ccc1NC(=O)c1ccc(C2=CCCC2)s1. The number of aromatic nitrogens is 2. The molecule has 0 bridgehead atoms. The highest BCUT2D eigenvalue weighted by Crippen LogP contribution is 2.39. The number of ether oxygens (including phenoxy) is 2. The van der Waals surface area contributed by atoms with E-state index in [1.165, 1.54) is 24.0 Å². The number of nitrogens with one attached hydrogen (secondary N) is 4. The summed E-state index contributed by atoms with van der Waals surface area (Å²) in [7, 11) is 1.50. The average Bonchev–Trinajstić information content (AvgIpc) is 4.05. The third-order valence-corrected chi connectivity index (χ3v) is 12.7. The summed E-state index contributed by atoms with van der Waals surface area (Å²) in [5.74, 6) is -1.98. The molecular formula is C44H47FN8O7S. The van der Waals surface area contributed by atoms with Gasteiger partial charge in [-0.05, 0) is 73.6 Å². The minimum Gasteiger partial charge on any atom is -0.494 e. The Hall–Kier alpha value is -6.20. The monoisotopic (exact) mass is 850 g/mol. The molecule has 4 heterocycles. The number of ketones is 1. The van der Waals surface area contributed by atoms with Crippen molar-refractivity contribution in [3.05, 3.63) is 87.5 Å². The Morgan fingerprint density at radius 3 is 2.64 bits per heavy atom. The van der Waals surface area contributed by atoms with E-state index in [0.717, 1.165) is 41.6 Å². The minimum absolute atomic E-state index is 0.0251. The number of thiophene rings is 1. The van der Waals surface area contributed by atoms with Crippen molar-refractivity contribution in [3.63, 3.8) is 0 Å². The number of carbonyl (C=O) groups excluding carboxylic acids is 5. The number of piperidine rings is 1. The van der Waals surface area contributed by atoms with Gasteiger partial charge in [-0.2, -0.15) is 4.98 Å². The van der Waals surface area contributed by atoms with E-state index >= 15 is 0 Å². The number of fused-ring (bicyclic) bond motifs is 1. The minimum atomic E-state index is -0.642. The maximum atomic E-state index is 15.0. The van der Waals surface area contributed by atoms with Crippen LogP contribution in [0.2, 0.25) is 0 Å². The Morgan fingerprint density at radius 2 is 1.85 bits per heavy atom. The van der Waals surface area contributed by atoms with Crippen LogP contribution in [0, 0.1) is 17.7 Å². The van der Waals surface area contributed by atoms with Crippen LogP contribution in [0.1, 0.15) is 69.0 Å². The van der Waals surface area contributed by atoms with E-state index in [0.29, 0.717) is 85.7 Å². The summed E-state index contributed by atoms with van der Waals surface area (Å²) >= 11 is 1.46. The standard InChI is InChI=1S/C44H47FN8O7S/c1-59-35-23-27(9-11-34(35)49-43(58)37-13-12-36(61-37)26-5-2-3-6-26)48-41-32(45)25-47-44(51-41)53-19-17-52(18-20-53)39(55)15-21-60-22-16-46-33-8-4-7-28-30(33)24-31(40(28)56)29-10-14-38(54)50-42(29)57/h4-5,7-9,11-13,23,25,29,31,46H,2-3,6,10,14-22,24H2,1H3,(H,49,58)(H,47,48,51)(H,50,54,57). The zero-order valence-electron chi connectivity index (χ0n) is 33.8. The van der Waals surface area contributed by atoms with Gasteiger partial charge in [0, 0.05) is 78.9 Å². The van der Waals surface area contributed by atoms with Gasteiger partial charge in [0.15, 0.2) is 17.4 Å². The van der Waals surface area contributed by atoms with E-state index in [1.54, 1.807) is 35.2 Å². The number of piperazine rings is 1. The lowest BCUT2D eigenvalue weighted by Crippen LogP contribution is -2.49. The summed E-state index contributed by atoms with van der Waals surface area (Å²) in [6.45, 7) is 2.85. The van der Waals surface area contributed by atoms with Gasteiger partial charge in [0.25, 0.3) is 5.91 Å². The molecule has 0 radical (unpaired) electrons. The Balaban J connectivity index is 0.770. The summed E-state index contributed by atoms with van der Waals surface area (Å²) in [5, 5.41) is 11.6. The maximum absolute atomic E-state index is 15.0. The van der Waals surface area contributed by atoms with Gasteiger partial charge < -0.3 is 35.2 Å². The highest BCUT2D eigenvalue weighted by atomic mass is 32.1. The molecule has 2 aliphatic carbocycles. The summed E-state index contributed by atoms with van der Waals surface area (Å²) in [5.41, 5.74) is 4.53. The van der Waals surface area contributed by atoms with Crippen LogP contribution in [0.15, 0.2) is 60.8 Å². The molecule has 0 spiro atoms. The smallest absolute Gasteiger partial charge is 0.265 e. The number of benzene rings is 2. The first kappa shape index (κ1) is 41.5. The van der Waals surface area contributed by atoms with Crippen molar-refractivity contribution in [2.24, 2.45) is 11.8 Å². The van der Waals surface area contributed by atoms with Gasteiger partial charge in [-0.3, -0.25) is 29.3 Å². The lowest BCUT2D eigenvalue weighted by Gasteiger charge is -2.34. The van der Waals surface area contributed by atoms with Crippen LogP contribution in [0.3, 0.4) is 0 Å². The van der Waals surface area contributed by atoms with Gasteiger partial charge in [0.2, 0.25) is 23.7 Å². The predicted octanol–water partition coefficient (Wildman–Crippen LogP) is 5.82. The molecule has 4 N–H and O–H groups in total. The average molecular weight is 851 g/mol. The molecule has 15 nitrogen and oxygen atoms in total. The number of hydrogen-bond acceptors (Lipinski definition) is 13. The van der Waals surface area contributed by atoms with Crippen LogP contribution in [-0.2, 0) is 25.5 Å². The fourth-order valence-corrected chi connectivity index (χ4v) is 9.26. The van der Waals surface area contributed by atoms with E-state index in [2.05, 4.69) is 37.3 Å². The molecule has 2 unspecified atom stereocenters. The molecule has 2 aromatic carbocycles. The van der Waals surface area contributed by atoms with Crippen molar-refractivity contribution in [1.82, 2.24) is 20.2 Å². The fourth-order valence-electron chi connectivity index (χ4n) is 8.29. The summed E-state index contributed by atoms with van der Waals surface area (Å²) in [6.07, 6.45) is 7.82. The van der Waals surface area contributed by atoms with Gasteiger partial charge in [-0.25, -0.2) is 9.37 Å². The second-order valence-corrected chi connectivity index (χ2v) is 16.5. The zero-order chi connectivity index (χ0) is 42.5. The lowest BCUT2D eigenvalue weighted by molar-refractivity contribution is -0.137. The number of rotatable bonds is 15. The van der Waals surface area contributed by atoms with Gasteiger partial charge in [0.1, 0.15) is 5.75 Å². The van der Waals surface area contributed by atoms with E-state index in [1.807, 2.05) is 23.1 Å². The molecule has 318 valence electrons. The van der Waals surface area contributed by atoms with Crippen molar-refractivity contribution in [1.29, 1.82) is 0 Å². The largest absolute Gasteiger partial charge is 0.494 e. The van der Waals surface area contributed by atoms with Crippen molar-refractivity contribution in [2.75, 3.05) is 73.9 Å². The molecule has 2 atom stereocenters. The number of halogens is 1. The highest BCUT2D eigenvalue weighted by molar-refractivity contribution is 7.15. The number of hydrogen-bond donors (Lipinski definition) is 4. The molecule has 2 aliphatic heterocycles. The van der Waals surface area contributed by atoms with Gasteiger partial charge in [-0.1, -0.05) is 18.2 Å². The van der Waals surface area contributed by atoms with Gasteiger partial charge in [0.05, 0.1) is 43.5 Å². The molecule has 4 aromatic rings. The van der Waals surface area contributed by atoms with Crippen LogP contribution in [0.25, 0.3) is 5.57 Å². The molecule has 4 aliphatic rings. The molecule has 61 heavy (non-hydrogen) atoms. The third kappa shape index (κ3) is 9.42. The van der Waals surface area contributed by atoms with Crippen molar-refractivity contribution in [2.45, 2.75) is 44.9 Å². The summed E-state index contributed by atoms with van der Waals surface area (Å²) in [4.78, 5) is 77.4. The highest BCUT2D eigenvalue weighted by Gasteiger charge is 2.42.